The Hall–Kier alpha value is -3.44. The van der Waals surface area contributed by atoms with Crippen LogP contribution in [0.2, 0.25) is 0 Å². The third kappa shape index (κ3) is 14.5. The molecule has 16 atom stereocenters. The van der Waals surface area contributed by atoms with Gasteiger partial charge in [0.25, 0.3) is 0 Å². The van der Waals surface area contributed by atoms with Crippen LogP contribution in [-0.4, -0.2) is 178 Å². The van der Waals surface area contributed by atoms with Gasteiger partial charge in [-0.1, -0.05) is 36.7 Å². The number of anilines is 1. The van der Waals surface area contributed by atoms with Gasteiger partial charge in [0.1, 0.15) is 42.6 Å². The number of fused-ring (bicyclic) bond motifs is 3. The standard InChI is InChI=1S/C46H72N4O15/c1-25-10-11-34(51)26(2)17-32-13-15-58-23-33(49-62-22-30-12-14-48-36(47)18-30)24-59-35(27(3)42(32)65-45-41(55)38(50(6)7)39(53)28(4)63-45)19-37(52)60-20-31(16-25)21-61-46-44(57-9)43(56-8)40(54)29(5)64-46/h10-12,14,16,18,26-29,31-32,35,38-46,53-55H,13,15,17,19-24H2,1-9H3,(H2,47,48)/b11-10+,25-16+,49-33+/t26-,27+,28-,29-,31+,32?,35-,38+,39-,40-,41-,42-,43-,44-,45+,46-/m1/s1. The molecule has 0 aliphatic carbocycles. The number of nitrogen functional groups attached to an aromatic ring is 1. The molecule has 2 bridgehead atoms. The highest BCUT2D eigenvalue weighted by Crippen LogP contribution is 2.36. The molecule has 19 nitrogen and oxygen atoms in total. The lowest BCUT2D eigenvalue weighted by molar-refractivity contribution is -0.305. The molecule has 4 aliphatic rings. The second-order valence-corrected chi connectivity index (χ2v) is 17.9. The predicted molar refractivity (Wildman–Crippen MR) is 236 cm³/mol. The minimum absolute atomic E-state index is 0.0250. The molecule has 4 aliphatic heterocycles. The van der Waals surface area contributed by atoms with E-state index in [1.54, 1.807) is 63.3 Å². The van der Waals surface area contributed by atoms with E-state index in [1.165, 1.54) is 14.2 Å². The Morgan fingerprint density at radius 1 is 0.938 bits per heavy atom. The van der Waals surface area contributed by atoms with E-state index >= 15 is 0 Å². The number of hydrogen-bond donors (Lipinski definition) is 4. The number of hydrogen-bond acceptors (Lipinski definition) is 19. The summed E-state index contributed by atoms with van der Waals surface area (Å²) in [5.74, 6) is -2.26. The van der Waals surface area contributed by atoms with Crippen LogP contribution in [0.5, 0.6) is 0 Å². The zero-order valence-corrected chi connectivity index (χ0v) is 39.2. The van der Waals surface area contributed by atoms with E-state index in [-0.39, 0.29) is 57.8 Å². The van der Waals surface area contributed by atoms with Gasteiger partial charge in [0.05, 0.1) is 69.4 Å². The highest BCUT2D eigenvalue weighted by Gasteiger charge is 2.48. The number of aromatic nitrogens is 1. The molecule has 0 spiro atoms. The number of nitrogens with zero attached hydrogens (tertiary/aromatic N) is 3. The van der Waals surface area contributed by atoms with Crippen molar-refractivity contribution in [1.29, 1.82) is 0 Å². The Bertz CT molecular complexity index is 1770. The Balaban J connectivity index is 1.47. The lowest BCUT2D eigenvalue weighted by Gasteiger charge is -2.47. The number of rotatable bonds is 11. The number of allylic oxidation sites excluding steroid dienone is 3. The fourth-order valence-electron chi connectivity index (χ4n) is 8.89. The van der Waals surface area contributed by atoms with Crippen molar-refractivity contribution in [3.63, 3.8) is 0 Å². The van der Waals surface area contributed by atoms with Gasteiger partial charge in [-0.15, -0.1) is 0 Å². The molecule has 1 unspecified atom stereocenters. The van der Waals surface area contributed by atoms with E-state index in [9.17, 15) is 24.9 Å². The Labute approximate surface area is 382 Å². The Morgan fingerprint density at radius 2 is 1.66 bits per heavy atom. The topological polar surface area (TPSA) is 242 Å². The largest absolute Gasteiger partial charge is 0.465 e. The monoisotopic (exact) mass is 920 g/mol. The molecule has 5 heterocycles. The molecule has 0 saturated carbocycles. The number of cyclic esters (lactones) is 1. The fourth-order valence-corrected chi connectivity index (χ4v) is 8.89. The normalized spacial score (nSPS) is 39.3. The van der Waals surface area contributed by atoms with E-state index in [2.05, 4.69) is 10.1 Å². The maximum atomic E-state index is 14.1. The minimum Gasteiger partial charge on any atom is -0.465 e. The van der Waals surface area contributed by atoms with Gasteiger partial charge in [-0.05, 0) is 77.4 Å². The smallest absolute Gasteiger partial charge is 0.308 e. The number of oxime groups is 1. The number of aliphatic hydroxyl groups excluding tert-OH is 3. The van der Waals surface area contributed by atoms with Crippen molar-refractivity contribution < 1.29 is 72.4 Å². The second-order valence-electron chi connectivity index (χ2n) is 17.9. The van der Waals surface area contributed by atoms with Crippen molar-refractivity contribution in [1.82, 2.24) is 9.88 Å². The number of ether oxygens (including phenoxy) is 9. The molecule has 3 saturated heterocycles. The predicted octanol–water partition coefficient (Wildman–Crippen LogP) is 2.19. The first-order valence-corrected chi connectivity index (χ1v) is 22.5. The molecule has 5 rings (SSSR count). The van der Waals surface area contributed by atoms with E-state index in [1.807, 2.05) is 26.8 Å². The number of pyridine rings is 1. The fraction of sp³-hybridized carbons (Fsp3) is 0.739. The van der Waals surface area contributed by atoms with E-state index in [0.717, 1.165) is 11.1 Å². The molecule has 3 fully saturated rings. The minimum atomic E-state index is -1.25. The Kier molecular flexibility index (Phi) is 20.3. The first kappa shape index (κ1) is 52.5. The summed E-state index contributed by atoms with van der Waals surface area (Å²) in [4.78, 5) is 39.4. The van der Waals surface area contributed by atoms with Crippen LogP contribution in [0.3, 0.4) is 0 Å². The van der Waals surface area contributed by atoms with Gasteiger partial charge in [-0.2, -0.15) is 0 Å². The lowest BCUT2D eigenvalue weighted by atomic mass is 9.79. The highest BCUT2D eigenvalue weighted by atomic mass is 16.7. The van der Waals surface area contributed by atoms with Gasteiger partial charge < -0.3 is 73.4 Å². The molecule has 0 radical (unpaired) electrons. The number of aliphatic hydroxyl groups is 3. The number of likely N-dealkylation sites (N-methyl/N-ethyl adjacent to an activating group) is 1. The van der Waals surface area contributed by atoms with Crippen LogP contribution in [0, 0.1) is 23.7 Å². The zero-order valence-electron chi connectivity index (χ0n) is 39.2. The van der Waals surface area contributed by atoms with Crippen LogP contribution in [0.15, 0.2) is 47.3 Å². The maximum absolute atomic E-state index is 14.1. The van der Waals surface area contributed by atoms with E-state index in [0.29, 0.717) is 24.4 Å². The number of methoxy groups -OCH3 is 2. The van der Waals surface area contributed by atoms with Crippen LogP contribution in [-0.2, 0) is 63.7 Å². The second kappa shape index (κ2) is 25.1. The third-order valence-corrected chi connectivity index (χ3v) is 12.7. The summed E-state index contributed by atoms with van der Waals surface area (Å²) < 4.78 is 55.1. The first-order chi connectivity index (χ1) is 31.0. The van der Waals surface area contributed by atoms with Gasteiger partial charge in [0.2, 0.25) is 0 Å². The molecule has 1 aromatic heterocycles. The summed E-state index contributed by atoms with van der Waals surface area (Å²) in [7, 11) is 6.48. The quantitative estimate of drug-likeness (QED) is 0.184. The number of ketones is 1. The summed E-state index contributed by atoms with van der Waals surface area (Å²) in [6, 6.07) is 2.74. The molecule has 1 aromatic rings. The Morgan fingerprint density at radius 3 is 2.37 bits per heavy atom. The van der Waals surface area contributed by atoms with Crippen LogP contribution >= 0.6 is 0 Å². The number of carbonyl (C=O) groups excluding carboxylic acids is 2. The molecule has 19 heteroatoms. The van der Waals surface area contributed by atoms with Gasteiger partial charge in [-0.25, -0.2) is 4.98 Å². The average molecular weight is 921 g/mol. The first-order valence-electron chi connectivity index (χ1n) is 22.5. The van der Waals surface area contributed by atoms with E-state index in [4.69, 9.17) is 53.2 Å². The van der Waals surface area contributed by atoms with Crippen molar-refractivity contribution in [2.45, 2.75) is 134 Å². The molecular weight excluding hydrogens is 849 g/mol. The number of carbonyl (C=O) groups is 2. The van der Waals surface area contributed by atoms with Crippen LogP contribution < -0.4 is 5.73 Å². The van der Waals surface area contributed by atoms with Crippen molar-refractivity contribution in [2.75, 3.05) is 67.1 Å². The van der Waals surface area contributed by atoms with Gasteiger partial charge >= 0.3 is 5.97 Å². The van der Waals surface area contributed by atoms with E-state index < -0.39 is 97.3 Å². The van der Waals surface area contributed by atoms with Crippen molar-refractivity contribution >= 4 is 23.3 Å². The van der Waals surface area contributed by atoms with Gasteiger partial charge in [-0.3, -0.25) is 9.59 Å². The summed E-state index contributed by atoms with van der Waals surface area (Å²) >= 11 is 0. The molecule has 0 amide bonds. The summed E-state index contributed by atoms with van der Waals surface area (Å²) in [5, 5.41) is 37.7. The molecule has 5 N–H and O–H groups in total. The van der Waals surface area contributed by atoms with Gasteiger partial charge in [0, 0.05) is 44.8 Å². The van der Waals surface area contributed by atoms with Crippen molar-refractivity contribution in [2.24, 2.45) is 28.8 Å². The SMILES string of the molecule is CO[C@@H]1[C@H](O)[C@@H](C)O[C@@H](OC[C@H]2/C=C(C)/C=C/C(=O)[C@H](C)CC3CCOC/C(=N\OCc4ccnc(N)c4)CO[C@H](CC(=O)OC2)[C@H](C)[C@H]3O[C@@H]2O[C@H](C)[C@@H](O)[C@H](N(C)C)[C@H]2O)[C@@H]1OC. The summed E-state index contributed by atoms with van der Waals surface area (Å²) in [6.45, 7) is 9.28. The average Bonchev–Trinajstić information content (AvgIpc) is 3.28. The highest BCUT2D eigenvalue weighted by molar-refractivity contribution is 5.91. The molecular formula is C46H72N4O15. The molecule has 0 aromatic carbocycles. The summed E-state index contributed by atoms with van der Waals surface area (Å²) in [6.07, 6.45) is -2.39. The maximum Gasteiger partial charge on any atom is 0.308 e. The zero-order chi connectivity index (χ0) is 47.4. The molecule has 366 valence electrons. The van der Waals surface area contributed by atoms with Crippen LogP contribution in [0.25, 0.3) is 0 Å². The van der Waals surface area contributed by atoms with Crippen molar-refractivity contribution in [3.8, 4) is 0 Å². The molecule has 65 heavy (non-hydrogen) atoms. The van der Waals surface area contributed by atoms with Crippen LogP contribution in [0.1, 0.15) is 59.4 Å². The van der Waals surface area contributed by atoms with Crippen molar-refractivity contribution in [3.05, 3.63) is 47.7 Å². The number of nitrogens with two attached hydrogens (primary N) is 1. The number of esters is 1. The third-order valence-electron chi connectivity index (χ3n) is 12.7. The summed E-state index contributed by atoms with van der Waals surface area (Å²) in [5.41, 5.74) is 7.77. The van der Waals surface area contributed by atoms with Gasteiger partial charge in [0.15, 0.2) is 18.4 Å². The lowest BCUT2D eigenvalue weighted by Crippen LogP contribution is -2.63. The van der Waals surface area contributed by atoms with Crippen LogP contribution in [0.4, 0.5) is 5.82 Å².